The summed E-state index contributed by atoms with van der Waals surface area (Å²) in [5, 5.41) is 1.04. The molecule has 3 rings (SSSR count). The van der Waals surface area contributed by atoms with E-state index in [9.17, 15) is 13.2 Å². The summed E-state index contributed by atoms with van der Waals surface area (Å²) in [5.41, 5.74) is 2.67. The third kappa shape index (κ3) is 4.57. The third-order valence-corrected chi connectivity index (χ3v) is 6.94. The molecule has 5 nitrogen and oxygen atoms in total. The number of benzene rings is 2. The Morgan fingerprint density at radius 2 is 1.86 bits per heavy atom. The molecule has 0 fully saturated rings. The summed E-state index contributed by atoms with van der Waals surface area (Å²) in [7, 11) is -3.10. The summed E-state index contributed by atoms with van der Waals surface area (Å²) >= 11 is 12.6. The zero-order valence-electron chi connectivity index (χ0n) is 15.4. The maximum absolute atomic E-state index is 12.8. The fourth-order valence-electron chi connectivity index (χ4n) is 3.10. The van der Waals surface area contributed by atoms with Gasteiger partial charge in [0.25, 0.3) is 0 Å². The SMILES string of the molecule is CCS(=O)(=O)CCCN1C(=O)CN=C(c2ccccc2Cl)c2cc(Cl)ccc21. The molecule has 1 heterocycles. The van der Waals surface area contributed by atoms with Crippen LogP contribution in [0.15, 0.2) is 47.5 Å². The first kappa shape index (κ1) is 20.8. The van der Waals surface area contributed by atoms with Gasteiger partial charge in [-0.3, -0.25) is 9.79 Å². The van der Waals surface area contributed by atoms with E-state index in [0.717, 1.165) is 5.56 Å². The van der Waals surface area contributed by atoms with Crippen LogP contribution in [-0.2, 0) is 14.6 Å². The lowest BCUT2D eigenvalue weighted by Crippen LogP contribution is -2.34. The molecule has 1 aliphatic heterocycles. The van der Waals surface area contributed by atoms with Crippen LogP contribution >= 0.6 is 23.2 Å². The van der Waals surface area contributed by atoms with Crippen LogP contribution in [0.3, 0.4) is 0 Å². The van der Waals surface area contributed by atoms with E-state index in [4.69, 9.17) is 23.2 Å². The number of carbonyl (C=O) groups is 1. The predicted molar refractivity (Wildman–Crippen MR) is 115 cm³/mol. The van der Waals surface area contributed by atoms with Crippen LogP contribution in [-0.4, -0.2) is 44.6 Å². The molecule has 0 saturated carbocycles. The van der Waals surface area contributed by atoms with Gasteiger partial charge in [-0.1, -0.05) is 48.3 Å². The molecule has 0 bridgehead atoms. The van der Waals surface area contributed by atoms with E-state index in [-0.39, 0.29) is 30.5 Å². The molecule has 0 radical (unpaired) electrons. The average Bonchev–Trinajstić information content (AvgIpc) is 2.79. The van der Waals surface area contributed by atoms with E-state index in [0.29, 0.717) is 33.4 Å². The van der Waals surface area contributed by atoms with Gasteiger partial charge in [-0.05, 0) is 30.7 Å². The van der Waals surface area contributed by atoms with Crippen molar-refractivity contribution in [1.82, 2.24) is 0 Å². The van der Waals surface area contributed by atoms with Crippen molar-refractivity contribution in [3.63, 3.8) is 0 Å². The Balaban J connectivity index is 2.00. The highest BCUT2D eigenvalue weighted by Crippen LogP contribution is 2.31. The molecule has 0 atom stereocenters. The van der Waals surface area contributed by atoms with Crippen molar-refractivity contribution in [2.75, 3.05) is 29.5 Å². The van der Waals surface area contributed by atoms with Crippen LogP contribution in [0.4, 0.5) is 5.69 Å². The van der Waals surface area contributed by atoms with Crippen molar-refractivity contribution in [3.8, 4) is 0 Å². The number of anilines is 1. The molecule has 0 saturated heterocycles. The van der Waals surface area contributed by atoms with E-state index < -0.39 is 9.84 Å². The van der Waals surface area contributed by atoms with Crippen molar-refractivity contribution in [1.29, 1.82) is 0 Å². The first-order chi connectivity index (χ1) is 13.3. The number of halogens is 2. The third-order valence-electron chi connectivity index (χ3n) is 4.58. The predicted octanol–water partition coefficient (Wildman–Crippen LogP) is 4.00. The zero-order valence-corrected chi connectivity index (χ0v) is 17.7. The molecule has 0 spiro atoms. The Kier molecular flexibility index (Phi) is 6.43. The fraction of sp³-hybridized carbons (Fsp3) is 0.300. The van der Waals surface area contributed by atoms with Crippen LogP contribution in [0.2, 0.25) is 10.0 Å². The lowest BCUT2D eigenvalue weighted by Gasteiger charge is -2.23. The fourth-order valence-corrected chi connectivity index (χ4v) is 4.36. The van der Waals surface area contributed by atoms with Crippen molar-refractivity contribution in [2.24, 2.45) is 4.99 Å². The summed E-state index contributed by atoms with van der Waals surface area (Å²) in [6.45, 7) is 1.86. The van der Waals surface area contributed by atoms with Gasteiger partial charge in [0, 0.05) is 33.5 Å². The standard InChI is InChI=1S/C20H20Cl2N2O3S/c1-2-28(26,27)11-5-10-24-18-9-8-14(21)12-16(18)20(23-13-19(24)25)15-6-3-4-7-17(15)22/h3-4,6-9,12H,2,5,10-11,13H2,1H3. The summed E-state index contributed by atoms with van der Waals surface area (Å²) in [6.07, 6.45) is 0.353. The highest BCUT2D eigenvalue weighted by Gasteiger charge is 2.26. The first-order valence-electron chi connectivity index (χ1n) is 8.92. The molecule has 2 aromatic carbocycles. The molecule has 2 aromatic rings. The lowest BCUT2D eigenvalue weighted by molar-refractivity contribution is -0.117. The van der Waals surface area contributed by atoms with Gasteiger partial charge in [-0.2, -0.15) is 0 Å². The molecular weight excluding hydrogens is 419 g/mol. The minimum atomic E-state index is -3.10. The largest absolute Gasteiger partial charge is 0.310 e. The number of nitrogens with zero attached hydrogens (tertiary/aromatic N) is 2. The van der Waals surface area contributed by atoms with Crippen LogP contribution in [0.25, 0.3) is 0 Å². The van der Waals surface area contributed by atoms with E-state index in [2.05, 4.69) is 4.99 Å². The zero-order chi connectivity index (χ0) is 20.3. The molecule has 28 heavy (non-hydrogen) atoms. The van der Waals surface area contributed by atoms with Gasteiger partial charge in [0.1, 0.15) is 16.4 Å². The van der Waals surface area contributed by atoms with Crippen LogP contribution in [0.5, 0.6) is 0 Å². The van der Waals surface area contributed by atoms with Gasteiger partial charge in [-0.15, -0.1) is 0 Å². The Hall–Kier alpha value is -1.89. The molecular formula is C20H20Cl2N2O3S. The number of amides is 1. The lowest BCUT2D eigenvalue weighted by atomic mass is 10.00. The topological polar surface area (TPSA) is 66.8 Å². The maximum Gasteiger partial charge on any atom is 0.248 e. The molecule has 0 aromatic heterocycles. The minimum Gasteiger partial charge on any atom is -0.310 e. The molecule has 8 heteroatoms. The van der Waals surface area contributed by atoms with Gasteiger partial charge in [0.05, 0.1) is 17.2 Å². The monoisotopic (exact) mass is 438 g/mol. The number of aliphatic imine (C=N–C) groups is 1. The van der Waals surface area contributed by atoms with Crippen molar-refractivity contribution >= 4 is 50.3 Å². The number of hydrogen-bond acceptors (Lipinski definition) is 4. The second-order valence-corrected chi connectivity index (χ2v) is 9.76. The number of benzodiazepines with no additional fused rings is 1. The summed E-state index contributed by atoms with van der Waals surface area (Å²) in [4.78, 5) is 18.8. The van der Waals surface area contributed by atoms with E-state index in [1.165, 1.54) is 0 Å². The Labute approximate surface area is 174 Å². The minimum absolute atomic E-state index is 0.0361. The molecule has 1 amide bonds. The number of rotatable bonds is 6. The highest BCUT2D eigenvalue weighted by atomic mass is 35.5. The molecule has 0 N–H and O–H groups in total. The highest BCUT2D eigenvalue weighted by molar-refractivity contribution is 7.91. The van der Waals surface area contributed by atoms with Gasteiger partial charge in [0.2, 0.25) is 5.91 Å². The van der Waals surface area contributed by atoms with Gasteiger partial charge in [-0.25, -0.2) is 8.42 Å². The summed E-state index contributed by atoms with van der Waals surface area (Å²) in [6, 6.07) is 12.5. The van der Waals surface area contributed by atoms with E-state index in [1.54, 1.807) is 36.1 Å². The molecule has 0 unspecified atom stereocenters. The van der Waals surface area contributed by atoms with Gasteiger partial charge < -0.3 is 4.90 Å². The summed E-state index contributed by atoms with van der Waals surface area (Å²) in [5.74, 6) is -0.0686. The number of fused-ring (bicyclic) bond motifs is 1. The summed E-state index contributed by atoms with van der Waals surface area (Å²) < 4.78 is 23.6. The first-order valence-corrected chi connectivity index (χ1v) is 11.5. The Bertz CT molecular complexity index is 1040. The Morgan fingerprint density at radius 1 is 1.11 bits per heavy atom. The second-order valence-electron chi connectivity index (χ2n) is 6.44. The second kappa shape index (κ2) is 8.64. The molecule has 148 valence electrons. The maximum atomic E-state index is 12.8. The quantitative estimate of drug-likeness (QED) is 0.684. The van der Waals surface area contributed by atoms with Crippen molar-refractivity contribution in [3.05, 3.63) is 63.6 Å². The molecule has 1 aliphatic rings. The van der Waals surface area contributed by atoms with Crippen molar-refractivity contribution < 1.29 is 13.2 Å². The Morgan fingerprint density at radius 3 is 2.57 bits per heavy atom. The van der Waals surface area contributed by atoms with Gasteiger partial charge in [0.15, 0.2) is 0 Å². The van der Waals surface area contributed by atoms with E-state index >= 15 is 0 Å². The van der Waals surface area contributed by atoms with Gasteiger partial charge >= 0.3 is 0 Å². The number of hydrogen-bond donors (Lipinski definition) is 0. The normalized spacial score (nSPS) is 14.5. The van der Waals surface area contributed by atoms with Crippen LogP contribution < -0.4 is 4.90 Å². The number of carbonyl (C=O) groups excluding carboxylic acids is 1. The van der Waals surface area contributed by atoms with Crippen LogP contribution in [0.1, 0.15) is 24.5 Å². The molecule has 0 aliphatic carbocycles. The van der Waals surface area contributed by atoms with Crippen molar-refractivity contribution in [2.45, 2.75) is 13.3 Å². The van der Waals surface area contributed by atoms with E-state index in [1.807, 2.05) is 18.2 Å². The smallest absolute Gasteiger partial charge is 0.248 e. The van der Waals surface area contributed by atoms with Crippen LogP contribution in [0, 0.1) is 0 Å². The number of sulfone groups is 1. The average molecular weight is 439 g/mol.